The van der Waals surface area contributed by atoms with Gasteiger partial charge < -0.3 is 15.6 Å². The highest BCUT2D eigenvalue weighted by Crippen LogP contribution is 2.26. The first kappa shape index (κ1) is 12.1. The van der Waals surface area contributed by atoms with Crippen LogP contribution >= 0.6 is 11.8 Å². The van der Waals surface area contributed by atoms with E-state index in [1.165, 1.54) is 6.07 Å². The molecule has 0 unspecified atom stereocenters. The third kappa shape index (κ3) is 3.06. The molecule has 1 aromatic carbocycles. The van der Waals surface area contributed by atoms with Crippen molar-refractivity contribution in [2.24, 2.45) is 0 Å². The SMILES string of the molecule is Nc1ccc(OC2CCSCC2)c(C(=O)O)c1. The fourth-order valence-electron chi connectivity index (χ4n) is 1.79. The molecule has 1 aliphatic rings. The normalized spacial score (nSPS) is 16.7. The average Bonchev–Trinajstić information content (AvgIpc) is 2.32. The van der Waals surface area contributed by atoms with Gasteiger partial charge in [0.15, 0.2) is 0 Å². The van der Waals surface area contributed by atoms with Gasteiger partial charge in [-0.2, -0.15) is 11.8 Å². The molecule has 1 aromatic rings. The number of anilines is 1. The number of ether oxygens (including phenoxy) is 1. The highest BCUT2D eigenvalue weighted by atomic mass is 32.2. The summed E-state index contributed by atoms with van der Waals surface area (Å²) in [5.41, 5.74) is 6.16. The van der Waals surface area contributed by atoms with Gasteiger partial charge in [-0.05, 0) is 42.5 Å². The molecule has 0 aliphatic carbocycles. The van der Waals surface area contributed by atoms with E-state index in [2.05, 4.69) is 0 Å². The smallest absolute Gasteiger partial charge is 0.339 e. The maximum Gasteiger partial charge on any atom is 0.339 e. The Labute approximate surface area is 104 Å². The van der Waals surface area contributed by atoms with E-state index in [1.54, 1.807) is 12.1 Å². The number of hydrogen-bond acceptors (Lipinski definition) is 4. The van der Waals surface area contributed by atoms with Gasteiger partial charge in [0.05, 0.1) is 0 Å². The molecule has 1 fully saturated rings. The molecule has 4 nitrogen and oxygen atoms in total. The van der Waals surface area contributed by atoms with Crippen LogP contribution in [0.1, 0.15) is 23.2 Å². The van der Waals surface area contributed by atoms with Gasteiger partial charge in [-0.3, -0.25) is 0 Å². The molecule has 1 heterocycles. The first-order valence-corrected chi connectivity index (χ1v) is 6.69. The standard InChI is InChI=1S/C12H15NO3S/c13-8-1-2-11(10(7-8)12(14)15)16-9-3-5-17-6-4-9/h1-2,7,9H,3-6,13H2,(H,14,15). The second kappa shape index (κ2) is 5.31. The summed E-state index contributed by atoms with van der Waals surface area (Å²) in [5, 5.41) is 9.08. The number of nitrogen functional groups attached to an aromatic ring is 1. The van der Waals surface area contributed by atoms with Gasteiger partial charge in [-0.1, -0.05) is 0 Å². The number of hydrogen-bond donors (Lipinski definition) is 2. The van der Waals surface area contributed by atoms with Crippen LogP contribution in [0, 0.1) is 0 Å². The molecular formula is C12H15NO3S. The molecular weight excluding hydrogens is 238 g/mol. The van der Waals surface area contributed by atoms with E-state index in [9.17, 15) is 4.79 Å². The van der Waals surface area contributed by atoms with Crippen molar-refractivity contribution in [1.29, 1.82) is 0 Å². The van der Waals surface area contributed by atoms with E-state index in [0.29, 0.717) is 11.4 Å². The Balaban J connectivity index is 2.16. The lowest BCUT2D eigenvalue weighted by Crippen LogP contribution is -2.23. The van der Waals surface area contributed by atoms with Crippen molar-refractivity contribution in [2.75, 3.05) is 17.2 Å². The number of carbonyl (C=O) groups is 1. The summed E-state index contributed by atoms with van der Waals surface area (Å²) in [5.74, 6) is 1.56. The van der Waals surface area contributed by atoms with Crippen LogP contribution in [0.2, 0.25) is 0 Å². The monoisotopic (exact) mass is 253 g/mol. The van der Waals surface area contributed by atoms with Crippen molar-refractivity contribution >= 4 is 23.4 Å². The van der Waals surface area contributed by atoms with Crippen molar-refractivity contribution < 1.29 is 14.6 Å². The average molecular weight is 253 g/mol. The second-order valence-electron chi connectivity index (χ2n) is 3.99. The zero-order valence-electron chi connectivity index (χ0n) is 9.39. The number of carboxylic acid groups (broad SMARTS) is 1. The van der Waals surface area contributed by atoms with Crippen molar-refractivity contribution in [3.63, 3.8) is 0 Å². The predicted molar refractivity (Wildman–Crippen MR) is 68.8 cm³/mol. The molecule has 2 rings (SSSR count). The number of nitrogens with two attached hydrogens (primary N) is 1. The molecule has 0 aromatic heterocycles. The fourth-order valence-corrected chi connectivity index (χ4v) is 2.85. The first-order chi connectivity index (χ1) is 8.16. The summed E-state index contributed by atoms with van der Waals surface area (Å²) in [7, 11) is 0. The quantitative estimate of drug-likeness (QED) is 0.808. The molecule has 1 aliphatic heterocycles. The summed E-state index contributed by atoms with van der Waals surface area (Å²) in [6.07, 6.45) is 2.06. The van der Waals surface area contributed by atoms with Gasteiger partial charge in [-0.15, -0.1) is 0 Å². The molecule has 0 bridgehead atoms. The highest BCUT2D eigenvalue weighted by molar-refractivity contribution is 7.99. The van der Waals surface area contributed by atoms with Crippen molar-refractivity contribution in [2.45, 2.75) is 18.9 Å². The second-order valence-corrected chi connectivity index (χ2v) is 5.22. The Morgan fingerprint density at radius 3 is 2.76 bits per heavy atom. The Bertz CT molecular complexity index is 416. The lowest BCUT2D eigenvalue weighted by molar-refractivity contribution is 0.0688. The van der Waals surface area contributed by atoms with Crippen molar-refractivity contribution in [1.82, 2.24) is 0 Å². The van der Waals surface area contributed by atoms with Crippen LogP contribution in [0.15, 0.2) is 18.2 Å². The number of carboxylic acids is 1. The maximum absolute atomic E-state index is 11.1. The largest absolute Gasteiger partial charge is 0.489 e. The molecule has 1 saturated heterocycles. The van der Waals surface area contributed by atoms with Crippen molar-refractivity contribution in [3.8, 4) is 5.75 Å². The van der Waals surface area contributed by atoms with Crippen LogP contribution in [0.4, 0.5) is 5.69 Å². The van der Waals surface area contributed by atoms with E-state index < -0.39 is 5.97 Å². The number of benzene rings is 1. The molecule has 0 radical (unpaired) electrons. The Morgan fingerprint density at radius 1 is 1.41 bits per heavy atom. The minimum atomic E-state index is -1.00. The summed E-state index contributed by atoms with van der Waals surface area (Å²) in [6.45, 7) is 0. The third-order valence-electron chi connectivity index (χ3n) is 2.70. The molecule has 3 N–H and O–H groups in total. The molecule has 5 heteroatoms. The van der Waals surface area contributed by atoms with Crippen LogP contribution in [0.25, 0.3) is 0 Å². The predicted octanol–water partition coefficient (Wildman–Crippen LogP) is 2.24. The molecule has 0 amide bonds. The molecule has 0 atom stereocenters. The summed E-state index contributed by atoms with van der Waals surface area (Å²) >= 11 is 1.91. The fraction of sp³-hybridized carbons (Fsp3) is 0.417. The van der Waals surface area contributed by atoms with Crippen LogP contribution in [0.3, 0.4) is 0 Å². The Hall–Kier alpha value is -1.36. The van der Waals surface area contributed by atoms with E-state index in [4.69, 9.17) is 15.6 Å². The highest BCUT2D eigenvalue weighted by Gasteiger charge is 2.19. The lowest BCUT2D eigenvalue weighted by Gasteiger charge is -2.23. The zero-order chi connectivity index (χ0) is 12.3. The zero-order valence-corrected chi connectivity index (χ0v) is 10.2. The molecule has 92 valence electrons. The van der Waals surface area contributed by atoms with Gasteiger partial charge in [-0.25, -0.2) is 4.79 Å². The minimum Gasteiger partial charge on any atom is -0.489 e. The van der Waals surface area contributed by atoms with Gasteiger partial charge in [0, 0.05) is 5.69 Å². The first-order valence-electron chi connectivity index (χ1n) is 5.54. The van der Waals surface area contributed by atoms with Crippen LogP contribution < -0.4 is 10.5 Å². The minimum absolute atomic E-state index is 0.123. The van der Waals surface area contributed by atoms with Crippen molar-refractivity contribution in [3.05, 3.63) is 23.8 Å². The third-order valence-corrected chi connectivity index (χ3v) is 3.74. The van der Waals surface area contributed by atoms with Gasteiger partial charge in [0.2, 0.25) is 0 Å². The summed E-state index contributed by atoms with van der Waals surface area (Å²) in [6, 6.07) is 4.75. The molecule has 0 spiro atoms. The van der Waals surface area contributed by atoms with E-state index in [0.717, 1.165) is 24.3 Å². The number of rotatable bonds is 3. The Kier molecular flexibility index (Phi) is 3.78. The summed E-state index contributed by atoms with van der Waals surface area (Å²) < 4.78 is 5.75. The van der Waals surface area contributed by atoms with Gasteiger partial charge in [0.1, 0.15) is 17.4 Å². The van der Waals surface area contributed by atoms with E-state index in [-0.39, 0.29) is 11.7 Å². The summed E-state index contributed by atoms with van der Waals surface area (Å²) in [4.78, 5) is 11.1. The maximum atomic E-state index is 11.1. The van der Waals surface area contributed by atoms with Gasteiger partial charge >= 0.3 is 5.97 Å². The van der Waals surface area contributed by atoms with Crippen LogP contribution in [-0.4, -0.2) is 28.7 Å². The molecule has 0 saturated carbocycles. The number of thioether (sulfide) groups is 1. The topological polar surface area (TPSA) is 72.5 Å². The number of aromatic carboxylic acids is 1. The lowest BCUT2D eigenvalue weighted by atomic mass is 10.1. The Morgan fingerprint density at radius 2 is 2.12 bits per heavy atom. The van der Waals surface area contributed by atoms with Crippen LogP contribution in [0.5, 0.6) is 5.75 Å². The molecule has 17 heavy (non-hydrogen) atoms. The van der Waals surface area contributed by atoms with Gasteiger partial charge in [0.25, 0.3) is 0 Å². The van der Waals surface area contributed by atoms with Crippen LogP contribution in [-0.2, 0) is 0 Å². The van der Waals surface area contributed by atoms with E-state index >= 15 is 0 Å². The van der Waals surface area contributed by atoms with E-state index in [1.807, 2.05) is 11.8 Å².